The Morgan fingerprint density at radius 2 is 2.22 bits per heavy atom. The molecule has 1 aliphatic rings. The van der Waals surface area contributed by atoms with Crippen molar-refractivity contribution in [2.45, 2.75) is 51.2 Å². The molecule has 0 saturated carbocycles. The summed E-state index contributed by atoms with van der Waals surface area (Å²) in [7, 11) is 0. The molecule has 1 heterocycles. The Bertz CT molecular complexity index is 338. The summed E-state index contributed by atoms with van der Waals surface area (Å²) in [5.41, 5.74) is -0.600. The maximum atomic E-state index is 12.0. The summed E-state index contributed by atoms with van der Waals surface area (Å²) in [5.74, 6) is -0.964. The van der Waals surface area contributed by atoms with Crippen LogP contribution < -0.4 is 0 Å². The second-order valence-electron chi connectivity index (χ2n) is 5.14. The molecule has 0 spiro atoms. The first-order valence-electron chi connectivity index (χ1n) is 6.21. The lowest BCUT2D eigenvalue weighted by atomic mass is 10.0. The highest BCUT2D eigenvalue weighted by Crippen LogP contribution is 2.23. The van der Waals surface area contributed by atoms with Gasteiger partial charge in [0.25, 0.3) is 0 Å². The van der Waals surface area contributed by atoms with E-state index in [-0.39, 0.29) is 0 Å². The zero-order chi connectivity index (χ0) is 13.8. The van der Waals surface area contributed by atoms with Gasteiger partial charge >= 0.3 is 12.1 Å². The van der Waals surface area contributed by atoms with Crippen molar-refractivity contribution in [3.63, 3.8) is 0 Å². The van der Waals surface area contributed by atoms with E-state index in [1.165, 1.54) is 4.90 Å². The van der Waals surface area contributed by atoms with Crippen LogP contribution in [-0.4, -0.2) is 40.3 Å². The molecule has 102 valence electrons. The van der Waals surface area contributed by atoms with Gasteiger partial charge in [-0.2, -0.15) is 0 Å². The highest BCUT2D eigenvalue weighted by Gasteiger charge is 2.37. The second-order valence-corrected chi connectivity index (χ2v) is 5.14. The van der Waals surface area contributed by atoms with Crippen molar-refractivity contribution in [3.05, 3.63) is 12.7 Å². The van der Waals surface area contributed by atoms with Gasteiger partial charge in [-0.05, 0) is 39.5 Å². The van der Waals surface area contributed by atoms with Crippen molar-refractivity contribution < 1.29 is 19.4 Å². The zero-order valence-corrected chi connectivity index (χ0v) is 11.0. The van der Waals surface area contributed by atoms with Gasteiger partial charge in [0.05, 0.1) is 0 Å². The predicted molar refractivity (Wildman–Crippen MR) is 67.4 cm³/mol. The number of rotatable bonds is 5. The molecule has 1 saturated heterocycles. The van der Waals surface area contributed by atoms with E-state index in [1.54, 1.807) is 6.08 Å². The third-order valence-corrected chi connectivity index (χ3v) is 3.09. The van der Waals surface area contributed by atoms with E-state index in [9.17, 15) is 9.59 Å². The first-order valence-corrected chi connectivity index (χ1v) is 6.21. The minimum atomic E-state index is -0.964. The van der Waals surface area contributed by atoms with Crippen LogP contribution in [0.5, 0.6) is 0 Å². The number of aliphatic carboxylic acids is 1. The van der Waals surface area contributed by atoms with Crippen LogP contribution in [0.4, 0.5) is 4.79 Å². The topological polar surface area (TPSA) is 66.8 Å². The minimum Gasteiger partial charge on any atom is -0.480 e. The zero-order valence-electron chi connectivity index (χ0n) is 11.0. The quantitative estimate of drug-likeness (QED) is 0.766. The summed E-state index contributed by atoms with van der Waals surface area (Å²) in [4.78, 5) is 24.2. The molecule has 1 amide bonds. The summed E-state index contributed by atoms with van der Waals surface area (Å²) < 4.78 is 5.38. The molecule has 1 atom stereocenters. The van der Waals surface area contributed by atoms with Crippen LogP contribution in [0.3, 0.4) is 0 Å². The van der Waals surface area contributed by atoms with Crippen LogP contribution in [0.25, 0.3) is 0 Å². The van der Waals surface area contributed by atoms with E-state index in [2.05, 4.69) is 6.58 Å². The first-order chi connectivity index (χ1) is 8.37. The molecular weight excluding hydrogens is 234 g/mol. The third-order valence-electron chi connectivity index (χ3n) is 3.09. The Labute approximate surface area is 107 Å². The average molecular weight is 255 g/mol. The van der Waals surface area contributed by atoms with Crippen molar-refractivity contribution >= 4 is 12.1 Å². The van der Waals surface area contributed by atoms with Gasteiger partial charge in [-0.3, -0.25) is 4.90 Å². The predicted octanol–water partition coefficient (Wildman–Crippen LogP) is 2.42. The van der Waals surface area contributed by atoms with Crippen LogP contribution >= 0.6 is 0 Å². The monoisotopic (exact) mass is 255 g/mol. The Kier molecular flexibility index (Phi) is 4.76. The number of allylic oxidation sites excluding steroid dienone is 1. The lowest BCUT2D eigenvalue weighted by molar-refractivity contribution is -0.142. The van der Waals surface area contributed by atoms with E-state index >= 15 is 0 Å². The molecule has 0 radical (unpaired) electrons. The second kappa shape index (κ2) is 5.89. The summed E-state index contributed by atoms with van der Waals surface area (Å²) in [6.45, 7) is 7.72. The fourth-order valence-corrected chi connectivity index (χ4v) is 2.04. The Hall–Kier alpha value is -1.52. The van der Waals surface area contributed by atoms with E-state index in [0.29, 0.717) is 25.8 Å². The van der Waals surface area contributed by atoms with E-state index in [1.807, 2.05) is 13.8 Å². The number of carboxylic acids is 1. The number of ether oxygens (including phenoxy) is 1. The van der Waals surface area contributed by atoms with Crippen LogP contribution in [0, 0.1) is 0 Å². The molecule has 0 aromatic heterocycles. The van der Waals surface area contributed by atoms with Crippen LogP contribution in [0.1, 0.15) is 39.5 Å². The van der Waals surface area contributed by atoms with Crippen LogP contribution in [-0.2, 0) is 9.53 Å². The molecule has 18 heavy (non-hydrogen) atoms. The SMILES string of the molecule is C=CCCC(C)(C)OC(=O)N1CCC[C@H]1C(=O)O. The number of hydrogen-bond acceptors (Lipinski definition) is 3. The van der Waals surface area contributed by atoms with Gasteiger partial charge < -0.3 is 9.84 Å². The normalized spacial score (nSPS) is 19.7. The average Bonchev–Trinajstić information content (AvgIpc) is 2.74. The largest absolute Gasteiger partial charge is 0.480 e. The van der Waals surface area contributed by atoms with Gasteiger partial charge in [-0.1, -0.05) is 6.08 Å². The lowest BCUT2D eigenvalue weighted by Crippen LogP contribution is -2.43. The van der Waals surface area contributed by atoms with Crippen LogP contribution in [0.2, 0.25) is 0 Å². The number of nitrogens with zero attached hydrogens (tertiary/aromatic N) is 1. The number of likely N-dealkylation sites (tertiary alicyclic amines) is 1. The fourth-order valence-electron chi connectivity index (χ4n) is 2.04. The molecule has 5 nitrogen and oxygen atoms in total. The number of carbonyl (C=O) groups is 2. The molecule has 0 bridgehead atoms. The maximum absolute atomic E-state index is 12.0. The smallest absolute Gasteiger partial charge is 0.411 e. The molecule has 5 heteroatoms. The van der Waals surface area contributed by atoms with Crippen LogP contribution in [0.15, 0.2) is 12.7 Å². The van der Waals surface area contributed by atoms with Gasteiger partial charge in [0.2, 0.25) is 0 Å². The summed E-state index contributed by atoms with van der Waals surface area (Å²) in [5, 5.41) is 9.01. The maximum Gasteiger partial charge on any atom is 0.411 e. The summed E-state index contributed by atoms with van der Waals surface area (Å²) in [6, 6.07) is -0.743. The Morgan fingerprint density at radius 1 is 1.56 bits per heavy atom. The van der Waals surface area contributed by atoms with E-state index in [0.717, 1.165) is 6.42 Å². The van der Waals surface area contributed by atoms with E-state index < -0.39 is 23.7 Å². The number of carbonyl (C=O) groups excluding carboxylic acids is 1. The Morgan fingerprint density at radius 3 is 2.78 bits per heavy atom. The fraction of sp³-hybridized carbons (Fsp3) is 0.692. The standard InChI is InChI=1S/C13H21NO4/c1-4-5-8-13(2,3)18-12(17)14-9-6-7-10(14)11(15)16/h4,10H,1,5-9H2,2-3H3,(H,15,16)/t10-/m0/s1. The minimum absolute atomic E-state index is 0.452. The molecule has 1 fully saturated rings. The molecular formula is C13H21NO4. The van der Waals surface area contributed by atoms with Gasteiger partial charge in [-0.25, -0.2) is 9.59 Å². The van der Waals surface area contributed by atoms with Crippen molar-refractivity contribution in [1.82, 2.24) is 4.90 Å². The van der Waals surface area contributed by atoms with Gasteiger partial charge in [-0.15, -0.1) is 6.58 Å². The third kappa shape index (κ3) is 3.75. The highest BCUT2D eigenvalue weighted by molar-refractivity contribution is 5.80. The molecule has 0 aromatic rings. The number of carboxylic acid groups (broad SMARTS) is 1. The molecule has 1 N–H and O–H groups in total. The van der Waals surface area contributed by atoms with Crippen molar-refractivity contribution in [3.8, 4) is 0 Å². The highest BCUT2D eigenvalue weighted by atomic mass is 16.6. The van der Waals surface area contributed by atoms with Gasteiger partial charge in [0.15, 0.2) is 0 Å². The first kappa shape index (κ1) is 14.5. The van der Waals surface area contributed by atoms with Crippen molar-refractivity contribution in [1.29, 1.82) is 0 Å². The molecule has 0 aliphatic carbocycles. The molecule has 0 aromatic carbocycles. The number of hydrogen-bond donors (Lipinski definition) is 1. The van der Waals surface area contributed by atoms with Crippen molar-refractivity contribution in [2.75, 3.05) is 6.54 Å². The summed E-state index contributed by atoms with van der Waals surface area (Å²) in [6.07, 6.45) is 3.87. The van der Waals surface area contributed by atoms with E-state index in [4.69, 9.17) is 9.84 Å². The molecule has 0 unspecified atom stereocenters. The lowest BCUT2D eigenvalue weighted by Gasteiger charge is -2.29. The molecule has 1 aliphatic heterocycles. The molecule has 1 rings (SSSR count). The van der Waals surface area contributed by atoms with Gasteiger partial charge in [0, 0.05) is 6.54 Å². The number of amides is 1. The van der Waals surface area contributed by atoms with Crippen molar-refractivity contribution in [2.24, 2.45) is 0 Å². The Balaban J connectivity index is 2.59. The summed E-state index contributed by atoms with van der Waals surface area (Å²) >= 11 is 0. The van der Waals surface area contributed by atoms with Gasteiger partial charge in [0.1, 0.15) is 11.6 Å².